The maximum atomic E-state index is 11.9. The minimum Gasteiger partial charge on any atom is -0.491 e. The second-order valence-electron chi connectivity index (χ2n) is 8.02. The predicted molar refractivity (Wildman–Crippen MR) is 108 cm³/mol. The molecular formula is C23H27NO3. The number of carbonyl (C=O) groups excluding carboxylic acids is 1. The van der Waals surface area contributed by atoms with Gasteiger partial charge in [0.15, 0.2) is 0 Å². The van der Waals surface area contributed by atoms with Crippen molar-refractivity contribution in [1.82, 2.24) is 0 Å². The topological polar surface area (TPSA) is 47.9 Å². The van der Waals surface area contributed by atoms with E-state index in [1.807, 2.05) is 19.1 Å². The number of rotatable bonds is 4. The van der Waals surface area contributed by atoms with Gasteiger partial charge in [-0.1, -0.05) is 51.1 Å². The van der Waals surface area contributed by atoms with Crippen LogP contribution in [0.4, 0.5) is 0 Å². The molecule has 2 aromatic carbocycles. The van der Waals surface area contributed by atoms with E-state index in [4.69, 9.17) is 14.5 Å². The van der Waals surface area contributed by atoms with E-state index in [2.05, 4.69) is 45.0 Å². The Morgan fingerprint density at radius 3 is 2.63 bits per heavy atom. The third-order valence-corrected chi connectivity index (χ3v) is 4.81. The largest absolute Gasteiger partial charge is 0.491 e. The molecular weight excluding hydrogens is 338 g/mol. The molecule has 0 N–H and O–H groups in total. The number of nitrogens with zero attached hydrogens (tertiary/aromatic N) is 1. The number of esters is 1. The second kappa shape index (κ2) is 7.55. The van der Waals surface area contributed by atoms with Crippen molar-refractivity contribution in [3.63, 3.8) is 0 Å². The summed E-state index contributed by atoms with van der Waals surface area (Å²) in [6.07, 6.45) is 0.853. The van der Waals surface area contributed by atoms with Crippen LogP contribution in [0, 0.1) is 12.3 Å². The van der Waals surface area contributed by atoms with E-state index in [1.54, 1.807) is 6.07 Å². The molecule has 1 aliphatic heterocycles. The van der Waals surface area contributed by atoms with Crippen molar-refractivity contribution >= 4 is 11.7 Å². The van der Waals surface area contributed by atoms with Crippen LogP contribution >= 0.6 is 0 Å². The van der Waals surface area contributed by atoms with Gasteiger partial charge in [0.05, 0.1) is 18.7 Å². The fourth-order valence-corrected chi connectivity index (χ4v) is 3.39. The van der Waals surface area contributed by atoms with Gasteiger partial charge in [-0.2, -0.15) is 0 Å². The fraction of sp³-hybridized carbons (Fsp3) is 0.391. The third-order valence-electron chi connectivity index (χ3n) is 4.81. The summed E-state index contributed by atoms with van der Waals surface area (Å²) < 4.78 is 10.8. The zero-order valence-corrected chi connectivity index (χ0v) is 16.7. The first-order chi connectivity index (χ1) is 12.8. The number of carbonyl (C=O) groups is 1. The van der Waals surface area contributed by atoms with Crippen LogP contribution < -0.4 is 4.74 Å². The Hall–Kier alpha value is -2.62. The van der Waals surface area contributed by atoms with Crippen LogP contribution in [0.25, 0.3) is 0 Å². The summed E-state index contributed by atoms with van der Waals surface area (Å²) in [5, 5.41) is 0. The van der Waals surface area contributed by atoms with Gasteiger partial charge in [-0.15, -0.1) is 0 Å². The van der Waals surface area contributed by atoms with Gasteiger partial charge in [-0.25, -0.2) is 4.79 Å². The van der Waals surface area contributed by atoms with Crippen LogP contribution in [0.1, 0.15) is 47.8 Å². The molecule has 2 aromatic rings. The summed E-state index contributed by atoms with van der Waals surface area (Å²) in [5.74, 6) is 0.310. The number of fused-ring (bicyclic) bond motifs is 1. The molecule has 142 valence electrons. The molecule has 0 aliphatic carbocycles. The van der Waals surface area contributed by atoms with Crippen LogP contribution in [0.5, 0.6) is 5.75 Å². The van der Waals surface area contributed by atoms with Gasteiger partial charge in [0, 0.05) is 11.1 Å². The summed E-state index contributed by atoms with van der Waals surface area (Å²) in [4.78, 5) is 16.9. The second-order valence-corrected chi connectivity index (χ2v) is 8.02. The maximum absolute atomic E-state index is 11.9. The fourth-order valence-electron chi connectivity index (χ4n) is 3.39. The number of hydrogen-bond acceptors (Lipinski definition) is 4. The van der Waals surface area contributed by atoms with Crippen molar-refractivity contribution in [1.29, 1.82) is 0 Å². The molecule has 0 aromatic heterocycles. The highest BCUT2D eigenvalue weighted by molar-refractivity contribution is 6.06. The Labute approximate surface area is 161 Å². The smallest absolute Gasteiger partial charge is 0.338 e. The summed E-state index contributed by atoms with van der Waals surface area (Å²) in [6, 6.07) is 14.0. The zero-order chi connectivity index (χ0) is 19.6. The number of methoxy groups -OCH3 is 1. The summed E-state index contributed by atoms with van der Waals surface area (Å²) in [6.45, 7) is 8.92. The molecule has 4 heteroatoms. The lowest BCUT2D eigenvalue weighted by Crippen LogP contribution is -2.32. The van der Waals surface area contributed by atoms with Crippen LogP contribution in [-0.4, -0.2) is 31.4 Å². The predicted octanol–water partition coefficient (Wildman–Crippen LogP) is 4.62. The lowest BCUT2D eigenvalue weighted by Gasteiger charge is -2.30. The molecule has 1 aliphatic rings. The number of hydrogen-bond donors (Lipinski definition) is 0. The van der Waals surface area contributed by atoms with Crippen molar-refractivity contribution in [2.45, 2.75) is 40.2 Å². The molecule has 0 spiro atoms. The van der Waals surface area contributed by atoms with Crippen molar-refractivity contribution in [3.05, 3.63) is 64.7 Å². The highest BCUT2D eigenvalue weighted by atomic mass is 16.5. The molecule has 1 heterocycles. The van der Waals surface area contributed by atoms with Crippen molar-refractivity contribution in [2.75, 3.05) is 13.7 Å². The molecule has 0 saturated carbocycles. The van der Waals surface area contributed by atoms with E-state index >= 15 is 0 Å². The molecule has 0 bridgehead atoms. The number of aliphatic imine (C=N–C) groups is 1. The lowest BCUT2D eigenvalue weighted by molar-refractivity contribution is 0.0599. The van der Waals surface area contributed by atoms with Gasteiger partial charge in [0.25, 0.3) is 0 Å². The van der Waals surface area contributed by atoms with Gasteiger partial charge in [0.1, 0.15) is 12.4 Å². The summed E-state index contributed by atoms with van der Waals surface area (Å²) in [5.41, 5.74) is 5.04. The number of ether oxygens (including phenoxy) is 2. The quantitative estimate of drug-likeness (QED) is 0.743. The Kier molecular flexibility index (Phi) is 5.36. The standard InChI is InChI=1S/C23H27NO3/c1-15-10-11-18(13-20(15)22(25)26-5)27-14-17-12-16-8-6-7-9-19(16)21(24-17)23(2,3)4/h6-11,13,17H,12,14H2,1-5H3. The molecule has 0 amide bonds. The average molecular weight is 365 g/mol. The third kappa shape index (κ3) is 4.21. The first-order valence-electron chi connectivity index (χ1n) is 9.28. The maximum Gasteiger partial charge on any atom is 0.338 e. The number of benzene rings is 2. The molecule has 4 nitrogen and oxygen atoms in total. The lowest BCUT2D eigenvalue weighted by atomic mass is 9.80. The van der Waals surface area contributed by atoms with Gasteiger partial charge in [-0.05, 0) is 42.2 Å². The van der Waals surface area contributed by atoms with E-state index in [0.29, 0.717) is 17.9 Å². The first-order valence-corrected chi connectivity index (χ1v) is 9.28. The van der Waals surface area contributed by atoms with E-state index in [9.17, 15) is 4.79 Å². The van der Waals surface area contributed by atoms with Crippen molar-refractivity contribution < 1.29 is 14.3 Å². The van der Waals surface area contributed by atoms with Gasteiger partial charge in [0.2, 0.25) is 0 Å². The Morgan fingerprint density at radius 1 is 1.19 bits per heavy atom. The van der Waals surface area contributed by atoms with E-state index in [1.165, 1.54) is 18.2 Å². The summed E-state index contributed by atoms with van der Waals surface area (Å²) >= 11 is 0. The van der Waals surface area contributed by atoms with E-state index < -0.39 is 0 Å². The molecule has 3 rings (SSSR count). The molecule has 0 radical (unpaired) electrons. The minimum absolute atomic E-state index is 0.0311. The highest BCUT2D eigenvalue weighted by Gasteiger charge is 2.28. The van der Waals surface area contributed by atoms with Crippen LogP contribution in [0.3, 0.4) is 0 Å². The Morgan fingerprint density at radius 2 is 1.93 bits per heavy atom. The molecule has 0 saturated heterocycles. The first kappa shape index (κ1) is 19.2. The molecule has 27 heavy (non-hydrogen) atoms. The van der Waals surface area contributed by atoms with Gasteiger partial charge < -0.3 is 9.47 Å². The SMILES string of the molecule is COC(=O)c1cc(OCC2Cc3ccccc3C(C(C)(C)C)=N2)ccc1C. The molecule has 1 unspecified atom stereocenters. The van der Waals surface area contributed by atoms with Crippen molar-refractivity contribution in [2.24, 2.45) is 10.4 Å². The normalized spacial score (nSPS) is 16.3. The van der Waals surface area contributed by atoms with Crippen LogP contribution in [0.2, 0.25) is 0 Å². The Balaban J connectivity index is 1.80. The minimum atomic E-state index is -0.349. The van der Waals surface area contributed by atoms with E-state index in [0.717, 1.165) is 17.7 Å². The Bertz CT molecular complexity index is 877. The average Bonchev–Trinajstić information content (AvgIpc) is 2.65. The molecule has 0 fully saturated rings. The van der Waals surface area contributed by atoms with Crippen molar-refractivity contribution in [3.8, 4) is 5.75 Å². The van der Waals surface area contributed by atoms with E-state index in [-0.39, 0.29) is 17.4 Å². The zero-order valence-electron chi connectivity index (χ0n) is 16.7. The molecule has 1 atom stereocenters. The van der Waals surface area contributed by atoms with Gasteiger partial charge in [-0.3, -0.25) is 4.99 Å². The number of aryl methyl sites for hydroxylation is 1. The monoisotopic (exact) mass is 365 g/mol. The highest BCUT2D eigenvalue weighted by Crippen LogP contribution is 2.30. The van der Waals surface area contributed by atoms with Crippen LogP contribution in [-0.2, 0) is 11.2 Å². The summed E-state index contributed by atoms with van der Waals surface area (Å²) in [7, 11) is 1.39. The van der Waals surface area contributed by atoms with Gasteiger partial charge >= 0.3 is 5.97 Å². The van der Waals surface area contributed by atoms with Crippen LogP contribution in [0.15, 0.2) is 47.5 Å².